The van der Waals surface area contributed by atoms with E-state index in [1.807, 2.05) is 6.07 Å². The molecule has 5 heteroatoms. The lowest BCUT2D eigenvalue weighted by Crippen LogP contribution is -2.15. The molecule has 0 spiro atoms. The van der Waals surface area contributed by atoms with Crippen LogP contribution in [0.1, 0.15) is 16.8 Å². The Morgan fingerprint density at radius 3 is 3.00 bits per heavy atom. The maximum absolute atomic E-state index is 11.7. The van der Waals surface area contributed by atoms with Crippen molar-refractivity contribution in [3.05, 3.63) is 24.0 Å². The van der Waals surface area contributed by atoms with Crippen LogP contribution in [0.4, 0.5) is 0 Å². The summed E-state index contributed by atoms with van der Waals surface area (Å²) in [5, 5.41) is 16.0. The first-order valence-electron chi connectivity index (χ1n) is 4.49. The highest BCUT2D eigenvalue weighted by Gasteiger charge is 2.19. The van der Waals surface area contributed by atoms with Gasteiger partial charge in [0.2, 0.25) is 0 Å². The molecule has 15 heavy (non-hydrogen) atoms. The predicted octanol–water partition coefficient (Wildman–Crippen LogP) is 0.836. The molecule has 0 bridgehead atoms. The minimum atomic E-state index is -0.672. The first-order valence-corrected chi connectivity index (χ1v) is 4.49. The van der Waals surface area contributed by atoms with Crippen molar-refractivity contribution >= 4 is 5.78 Å². The summed E-state index contributed by atoms with van der Waals surface area (Å²) in [5.74, 6) is -0.904. The van der Waals surface area contributed by atoms with E-state index in [2.05, 4.69) is 10.2 Å². The van der Waals surface area contributed by atoms with E-state index >= 15 is 0 Å². The Bertz CT molecular complexity index is 359. The van der Waals surface area contributed by atoms with Crippen LogP contribution in [0, 0.1) is 17.2 Å². The van der Waals surface area contributed by atoms with Crippen molar-refractivity contribution in [3.8, 4) is 6.07 Å². The normalized spacial score (nSPS) is 11.7. The zero-order valence-electron chi connectivity index (χ0n) is 8.38. The quantitative estimate of drug-likeness (QED) is 0.665. The molecule has 1 heterocycles. The van der Waals surface area contributed by atoms with Crippen LogP contribution in [0.2, 0.25) is 0 Å². The summed E-state index contributed by atoms with van der Waals surface area (Å²) < 4.78 is 4.83. The van der Waals surface area contributed by atoms with Gasteiger partial charge in [-0.25, -0.2) is 0 Å². The number of hydrogen-bond donors (Lipinski definition) is 0. The van der Waals surface area contributed by atoms with Gasteiger partial charge >= 0.3 is 0 Å². The lowest BCUT2D eigenvalue weighted by atomic mass is 9.98. The van der Waals surface area contributed by atoms with Crippen molar-refractivity contribution in [3.63, 3.8) is 0 Å². The van der Waals surface area contributed by atoms with Crippen LogP contribution in [0.25, 0.3) is 0 Å². The summed E-state index contributed by atoms with van der Waals surface area (Å²) in [6, 6.07) is 3.51. The molecule has 1 rings (SSSR count). The highest BCUT2D eigenvalue weighted by atomic mass is 16.5. The molecule has 1 aromatic heterocycles. The van der Waals surface area contributed by atoms with E-state index in [0.29, 0.717) is 18.6 Å². The number of carbonyl (C=O) groups is 1. The molecule has 0 radical (unpaired) electrons. The molecule has 0 saturated carbocycles. The molecule has 1 atom stereocenters. The number of carbonyl (C=O) groups excluding carboxylic acids is 1. The van der Waals surface area contributed by atoms with Crippen LogP contribution in [-0.4, -0.2) is 29.7 Å². The van der Waals surface area contributed by atoms with Crippen molar-refractivity contribution in [1.82, 2.24) is 10.2 Å². The molecule has 0 aliphatic rings. The minimum absolute atomic E-state index is 0.232. The maximum Gasteiger partial charge on any atom is 0.181 e. The van der Waals surface area contributed by atoms with Gasteiger partial charge in [-0.1, -0.05) is 0 Å². The maximum atomic E-state index is 11.7. The number of rotatable bonds is 5. The topological polar surface area (TPSA) is 75.9 Å². The Balaban J connectivity index is 2.70. The third-order valence-electron chi connectivity index (χ3n) is 1.95. The predicted molar refractivity (Wildman–Crippen MR) is 52.0 cm³/mol. The number of nitrogens with zero attached hydrogens (tertiary/aromatic N) is 3. The highest BCUT2D eigenvalue weighted by Crippen LogP contribution is 2.10. The van der Waals surface area contributed by atoms with Gasteiger partial charge in [0, 0.05) is 19.3 Å². The zero-order valence-corrected chi connectivity index (χ0v) is 8.38. The van der Waals surface area contributed by atoms with E-state index in [0.717, 1.165) is 0 Å². The number of Topliss-reactive ketones (excluding diaryl/α,β-unsaturated/α-hetero) is 1. The van der Waals surface area contributed by atoms with Crippen molar-refractivity contribution in [2.75, 3.05) is 13.7 Å². The van der Waals surface area contributed by atoms with Crippen molar-refractivity contribution in [1.29, 1.82) is 5.26 Å². The van der Waals surface area contributed by atoms with E-state index < -0.39 is 5.92 Å². The van der Waals surface area contributed by atoms with Gasteiger partial charge in [-0.15, -0.1) is 0 Å². The molecule has 78 valence electrons. The van der Waals surface area contributed by atoms with Gasteiger partial charge < -0.3 is 4.74 Å². The fourth-order valence-electron chi connectivity index (χ4n) is 1.13. The summed E-state index contributed by atoms with van der Waals surface area (Å²) in [7, 11) is 1.53. The molecule has 1 unspecified atom stereocenters. The van der Waals surface area contributed by atoms with E-state index in [4.69, 9.17) is 10.00 Å². The molecular formula is C10H11N3O2. The molecule has 0 amide bonds. The summed E-state index contributed by atoms with van der Waals surface area (Å²) >= 11 is 0. The Hall–Kier alpha value is -1.80. The van der Waals surface area contributed by atoms with Crippen molar-refractivity contribution in [2.45, 2.75) is 6.42 Å². The molecule has 0 aliphatic carbocycles. The molecule has 5 nitrogen and oxygen atoms in total. The number of methoxy groups -OCH3 is 1. The fraction of sp³-hybridized carbons (Fsp3) is 0.400. The Morgan fingerprint density at radius 1 is 1.67 bits per heavy atom. The third-order valence-corrected chi connectivity index (χ3v) is 1.95. The smallest absolute Gasteiger partial charge is 0.181 e. The van der Waals surface area contributed by atoms with E-state index in [9.17, 15) is 4.79 Å². The third kappa shape index (κ3) is 3.11. The first-order chi connectivity index (χ1) is 7.29. The number of nitriles is 1. The second-order valence-electron chi connectivity index (χ2n) is 2.96. The minimum Gasteiger partial charge on any atom is -0.385 e. The van der Waals surface area contributed by atoms with E-state index in [1.54, 1.807) is 6.07 Å². The van der Waals surface area contributed by atoms with Gasteiger partial charge in [-0.05, 0) is 12.5 Å². The Labute approximate surface area is 87.7 Å². The van der Waals surface area contributed by atoms with Gasteiger partial charge in [-0.3, -0.25) is 4.79 Å². The lowest BCUT2D eigenvalue weighted by molar-refractivity contribution is 0.0918. The van der Waals surface area contributed by atoms with Crippen LogP contribution in [0.15, 0.2) is 18.5 Å². The second-order valence-corrected chi connectivity index (χ2v) is 2.96. The Morgan fingerprint density at radius 2 is 2.47 bits per heavy atom. The first kappa shape index (κ1) is 11.3. The number of ether oxygens (including phenoxy) is 1. The van der Waals surface area contributed by atoms with Crippen LogP contribution in [-0.2, 0) is 4.74 Å². The van der Waals surface area contributed by atoms with Gasteiger partial charge in [0.05, 0.1) is 18.5 Å². The summed E-state index contributed by atoms with van der Waals surface area (Å²) in [5.41, 5.74) is 0.410. The van der Waals surface area contributed by atoms with Gasteiger partial charge in [0.1, 0.15) is 5.92 Å². The molecule has 0 N–H and O–H groups in total. The van der Waals surface area contributed by atoms with Gasteiger partial charge in [0.15, 0.2) is 5.78 Å². The fourth-order valence-corrected chi connectivity index (χ4v) is 1.13. The molecule has 1 aromatic rings. The number of aromatic nitrogens is 2. The van der Waals surface area contributed by atoms with E-state index in [1.165, 1.54) is 19.5 Å². The van der Waals surface area contributed by atoms with Crippen LogP contribution >= 0.6 is 0 Å². The second kappa shape index (κ2) is 5.83. The monoisotopic (exact) mass is 205 g/mol. The summed E-state index contributed by atoms with van der Waals surface area (Å²) in [6.07, 6.45) is 3.19. The molecule has 0 aliphatic heterocycles. The number of hydrogen-bond acceptors (Lipinski definition) is 5. The van der Waals surface area contributed by atoms with Gasteiger partial charge in [-0.2, -0.15) is 15.5 Å². The zero-order chi connectivity index (χ0) is 11.1. The van der Waals surface area contributed by atoms with Crippen LogP contribution in [0.3, 0.4) is 0 Å². The van der Waals surface area contributed by atoms with E-state index in [-0.39, 0.29) is 5.78 Å². The standard InChI is InChI=1S/C10H11N3O2/c1-15-5-3-8(6-11)10(14)9-2-4-12-13-7-9/h2,4,7-8H,3,5H2,1H3. The largest absolute Gasteiger partial charge is 0.385 e. The molecule has 0 fully saturated rings. The SMILES string of the molecule is COCCC(C#N)C(=O)c1ccnnc1. The Kier molecular flexibility index (Phi) is 4.38. The average Bonchev–Trinajstić information content (AvgIpc) is 2.31. The molecule has 0 aromatic carbocycles. The van der Waals surface area contributed by atoms with Crippen molar-refractivity contribution < 1.29 is 9.53 Å². The van der Waals surface area contributed by atoms with Gasteiger partial charge in [0.25, 0.3) is 0 Å². The highest BCUT2D eigenvalue weighted by molar-refractivity contribution is 5.98. The molecular weight excluding hydrogens is 194 g/mol. The van der Waals surface area contributed by atoms with Crippen LogP contribution < -0.4 is 0 Å². The van der Waals surface area contributed by atoms with Crippen molar-refractivity contribution in [2.24, 2.45) is 5.92 Å². The average molecular weight is 205 g/mol. The summed E-state index contributed by atoms with van der Waals surface area (Å²) in [6.45, 7) is 0.391. The van der Waals surface area contributed by atoms with Crippen LogP contribution in [0.5, 0.6) is 0 Å². The lowest BCUT2D eigenvalue weighted by Gasteiger charge is -2.06. The number of ketones is 1. The molecule has 0 saturated heterocycles. The summed E-state index contributed by atoms with van der Waals surface area (Å²) in [4.78, 5) is 11.7.